The number of nitrogens with one attached hydrogen (secondary N) is 1. The van der Waals surface area contributed by atoms with E-state index < -0.39 is 0 Å². The summed E-state index contributed by atoms with van der Waals surface area (Å²) in [5.74, 6) is 1.26. The molecule has 0 heterocycles. The van der Waals surface area contributed by atoms with Crippen molar-refractivity contribution in [2.75, 3.05) is 20.8 Å². The van der Waals surface area contributed by atoms with Crippen molar-refractivity contribution >= 4 is 5.78 Å². The highest BCUT2D eigenvalue weighted by Crippen LogP contribution is 2.27. The number of carbonyl (C=O) groups excluding carboxylic acids is 1. The molecule has 0 fully saturated rings. The fourth-order valence-electron chi connectivity index (χ4n) is 1.52. The molecular formula is C14H21NO3. The minimum absolute atomic E-state index is 0.0521. The molecule has 1 unspecified atom stereocenters. The Morgan fingerprint density at radius 2 is 1.94 bits per heavy atom. The van der Waals surface area contributed by atoms with Crippen LogP contribution in [0.5, 0.6) is 11.5 Å². The van der Waals surface area contributed by atoms with Gasteiger partial charge in [-0.15, -0.1) is 0 Å². The number of rotatable bonds is 7. The minimum Gasteiger partial charge on any atom is -0.493 e. The summed E-state index contributed by atoms with van der Waals surface area (Å²) in [7, 11) is 3.13. The fourth-order valence-corrected chi connectivity index (χ4v) is 1.52. The maximum Gasteiger partial charge on any atom is 0.176 e. The van der Waals surface area contributed by atoms with Gasteiger partial charge in [-0.25, -0.2) is 0 Å². The van der Waals surface area contributed by atoms with Crippen LogP contribution in [0.15, 0.2) is 18.2 Å². The van der Waals surface area contributed by atoms with Crippen molar-refractivity contribution in [3.63, 3.8) is 0 Å². The second-order valence-electron chi connectivity index (χ2n) is 4.18. The van der Waals surface area contributed by atoms with Gasteiger partial charge in [0.2, 0.25) is 0 Å². The predicted octanol–water partition coefficient (Wildman–Crippen LogP) is 2.27. The van der Waals surface area contributed by atoms with Crippen LogP contribution in [-0.4, -0.2) is 32.6 Å². The average molecular weight is 251 g/mol. The molecule has 0 aliphatic carbocycles. The lowest BCUT2D eigenvalue weighted by Crippen LogP contribution is -2.30. The molecular weight excluding hydrogens is 230 g/mol. The van der Waals surface area contributed by atoms with Gasteiger partial charge < -0.3 is 14.8 Å². The third-order valence-corrected chi connectivity index (χ3v) is 2.93. The number of benzene rings is 1. The average Bonchev–Trinajstić information content (AvgIpc) is 2.43. The topological polar surface area (TPSA) is 47.6 Å². The summed E-state index contributed by atoms with van der Waals surface area (Å²) in [5, 5.41) is 3.18. The molecule has 0 bridgehead atoms. The zero-order valence-corrected chi connectivity index (χ0v) is 11.4. The Morgan fingerprint density at radius 3 is 2.50 bits per heavy atom. The van der Waals surface area contributed by atoms with E-state index >= 15 is 0 Å². The van der Waals surface area contributed by atoms with Gasteiger partial charge in [0, 0.05) is 11.6 Å². The quantitative estimate of drug-likeness (QED) is 0.755. The molecule has 0 saturated carbocycles. The summed E-state index contributed by atoms with van der Waals surface area (Å²) >= 11 is 0. The third-order valence-electron chi connectivity index (χ3n) is 2.93. The van der Waals surface area contributed by atoms with Gasteiger partial charge in [0.25, 0.3) is 0 Å². The van der Waals surface area contributed by atoms with Crippen molar-refractivity contribution in [1.29, 1.82) is 0 Å². The maximum absolute atomic E-state index is 12.0. The number of carbonyl (C=O) groups is 1. The van der Waals surface area contributed by atoms with E-state index in [2.05, 4.69) is 19.2 Å². The Morgan fingerprint density at radius 1 is 1.28 bits per heavy atom. The Balaban J connectivity index is 2.74. The van der Waals surface area contributed by atoms with E-state index in [9.17, 15) is 4.79 Å². The van der Waals surface area contributed by atoms with E-state index in [1.165, 1.54) is 0 Å². The molecule has 18 heavy (non-hydrogen) atoms. The molecule has 0 aliphatic rings. The molecule has 1 rings (SSSR count). The Labute approximate surface area is 108 Å². The molecule has 0 amide bonds. The predicted molar refractivity (Wildman–Crippen MR) is 71.6 cm³/mol. The zero-order valence-electron chi connectivity index (χ0n) is 11.4. The van der Waals surface area contributed by atoms with Crippen molar-refractivity contribution in [1.82, 2.24) is 5.32 Å². The number of methoxy groups -OCH3 is 2. The van der Waals surface area contributed by atoms with Gasteiger partial charge in [-0.05, 0) is 31.5 Å². The van der Waals surface area contributed by atoms with Crippen LogP contribution in [0.1, 0.15) is 30.6 Å². The van der Waals surface area contributed by atoms with E-state index in [1.807, 2.05) is 0 Å². The second-order valence-corrected chi connectivity index (χ2v) is 4.18. The Kier molecular flexibility index (Phi) is 5.65. The van der Waals surface area contributed by atoms with Crippen molar-refractivity contribution < 1.29 is 14.3 Å². The molecule has 0 aliphatic heterocycles. The van der Waals surface area contributed by atoms with Crippen molar-refractivity contribution in [3.8, 4) is 11.5 Å². The molecule has 0 saturated heterocycles. The van der Waals surface area contributed by atoms with Gasteiger partial charge in [-0.1, -0.05) is 6.92 Å². The standard InChI is InChI=1S/C14H21NO3/c1-5-10(2)15-9-12(16)11-6-7-13(17-3)14(8-11)18-4/h6-8,10,15H,5,9H2,1-4H3. The SMILES string of the molecule is CCC(C)NCC(=O)c1ccc(OC)c(OC)c1. The van der Waals surface area contributed by atoms with Crippen LogP contribution in [0.25, 0.3) is 0 Å². The monoisotopic (exact) mass is 251 g/mol. The molecule has 1 atom stereocenters. The molecule has 1 aromatic rings. The number of ketones is 1. The lowest BCUT2D eigenvalue weighted by Gasteiger charge is -2.12. The zero-order chi connectivity index (χ0) is 13.5. The molecule has 0 aromatic heterocycles. The lowest BCUT2D eigenvalue weighted by atomic mass is 10.1. The van der Waals surface area contributed by atoms with E-state index in [-0.39, 0.29) is 5.78 Å². The van der Waals surface area contributed by atoms with Crippen LogP contribution in [0.3, 0.4) is 0 Å². The van der Waals surface area contributed by atoms with Gasteiger partial charge in [-0.2, -0.15) is 0 Å². The largest absolute Gasteiger partial charge is 0.493 e. The first kappa shape index (κ1) is 14.5. The molecule has 1 aromatic carbocycles. The fraction of sp³-hybridized carbons (Fsp3) is 0.500. The van der Waals surface area contributed by atoms with Gasteiger partial charge in [0.05, 0.1) is 20.8 Å². The Bertz CT molecular complexity index is 404. The third kappa shape index (κ3) is 3.74. The van der Waals surface area contributed by atoms with Gasteiger partial charge in [-0.3, -0.25) is 4.79 Å². The number of hydrogen-bond donors (Lipinski definition) is 1. The number of Topliss-reactive ketones (excluding diaryl/α,β-unsaturated/α-hetero) is 1. The van der Waals surface area contributed by atoms with Crippen LogP contribution >= 0.6 is 0 Å². The first-order valence-corrected chi connectivity index (χ1v) is 6.11. The lowest BCUT2D eigenvalue weighted by molar-refractivity contribution is 0.0987. The smallest absolute Gasteiger partial charge is 0.176 e. The van der Waals surface area contributed by atoms with Gasteiger partial charge >= 0.3 is 0 Å². The second kappa shape index (κ2) is 7.01. The van der Waals surface area contributed by atoms with Gasteiger partial charge in [0.1, 0.15) is 0 Å². The highest BCUT2D eigenvalue weighted by Gasteiger charge is 2.11. The summed E-state index contributed by atoms with van der Waals surface area (Å²) in [6, 6.07) is 5.55. The van der Waals surface area contributed by atoms with Crippen LogP contribution in [0.2, 0.25) is 0 Å². The van der Waals surface area contributed by atoms with Crippen molar-refractivity contribution in [3.05, 3.63) is 23.8 Å². The van der Waals surface area contributed by atoms with Crippen LogP contribution in [0, 0.1) is 0 Å². The first-order valence-electron chi connectivity index (χ1n) is 6.11. The van der Waals surface area contributed by atoms with E-state index in [0.29, 0.717) is 29.6 Å². The number of hydrogen-bond acceptors (Lipinski definition) is 4. The summed E-state index contributed by atoms with van der Waals surface area (Å²) in [5.41, 5.74) is 0.628. The highest BCUT2D eigenvalue weighted by atomic mass is 16.5. The van der Waals surface area contributed by atoms with Crippen molar-refractivity contribution in [2.24, 2.45) is 0 Å². The normalized spacial score (nSPS) is 12.0. The first-order chi connectivity index (χ1) is 8.62. The van der Waals surface area contributed by atoms with Crippen molar-refractivity contribution in [2.45, 2.75) is 26.3 Å². The van der Waals surface area contributed by atoms with E-state index in [1.54, 1.807) is 32.4 Å². The van der Waals surface area contributed by atoms with Crippen LogP contribution < -0.4 is 14.8 Å². The molecule has 4 nitrogen and oxygen atoms in total. The Hall–Kier alpha value is -1.55. The molecule has 1 N–H and O–H groups in total. The molecule has 0 spiro atoms. The molecule has 0 radical (unpaired) electrons. The summed E-state index contributed by atoms with van der Waals surface area (Å²) in [4.78, 5) is 12.0. The van der Waals surface area contributed by atoms with Crippen LogP contribution in [-0.2, 0) is 0 Å². The minimum atomic E-state index is 0.0521. The van der Waals surface area contributed by atoms with E-state index in [4.69, 9.17) is 9.47 Å². The summed E-state index contributed by atoms with van der Waals surface area (Å²) in [6.07, 6.45) is 0.999. The van der Waals surface area contributed by atoms with Crippen LogP contribution in [0.4, 0.5) is 0 Å². The highest BCUT2D eigenvalue weighted by molar-refractivity contribution is 5.98. The molecule has 4 heteroatoms. The van der Waals surface area contributed by atoms with Gasteiger partial charge in [0.15, 0.2) is 17.3 Å². The summed E-state index contributed by atoms with van der Waals surface area (Å²) in [6.45, 7) is 4.48. The van der Waals surface area contributed by atoms with E-state index in [0.717, 1.165) is 6.42 Å². The molecule has 100 valence electrons. The summed E-state index contributed by atoms with van der Waals surface area (Å²) < 4.78 is 10.3. The maximum atomic E-state index is 12.0. The number of ether oxygens (including phenoxy) is 2.